The quantitative estimate of drug-likeness (QED) is 0.729. The lowest BCUT2D eigenvalue weighted by molar-refractivity contribution is -0.143. The molecule has 3 aliphatic rings. The number of amides is 1. The first kappa shape index (κ1) is 19.6. The smallest absolute Gasteiger partial charge is 0.306 e. The highest BCUT2D eigenvalue weighted by molar-refractivity contribution is 8.22. The molecule has 1 heterocycles. The molecule has 0 bridgehead atoms. The van der Waals surface area contributed by atoms with Gasteiger partial charge in [-0.2, -0.15) is 5.26 Å². The van der Waals surface area contributed by atoms with E-state index in [0.717, 1.165) is 22.8 Å². The highest BCUT2D eigenvalue weighted by Gasteiger charge is 2.36. The van der Waals surface area contributed by atoms with Crippen LogP contribution >= 0.6 is 23.5 Å². The van der Waals surface area contributed by atoms with Crippen molar-refractivity contribution in [3.63, 3.8) is 0 Å². The average molecular weight is 395 g/mol. The molecule has 0 aromatic rings. The van der Waals surface area contributed by atoms with Gasteiger partial charge in [-0.25, -0.2) is 0 Å². The topological polar surface area (TPSA) is 90.2 Å². The number of thioether (sulfide) groups is 2. The predicted molar refractivity (Wildman–Crippen MR) is 104 cm³/mol. The lowest BCUT2D eigenvalue weighted by Gasteiger charge is -2.35. The molecule has 2 aliphatic carbocycles. The number of nitriles is 1. The third kappa shape index (κ3) is 4.77. The molecule has 2 fully saturated rings. The van der Waals surface area contributed by atoms with Gasteiger partial charge in [-0.15, -0.1) is 11.8 Å². The molecular weight excluding hydrogens is 368 g/mol. The van der Waals surface area contributed by atoms with Gasteiger partial charge in [0.15, 0.2) is 0 Å². The van der Waals surface area contributed by atoms with E-state index >= 15 is 0 Å². The maximum atomic E-state index is 12.4. The third-order valence-electron chi connectivity index (χ3n) is 5.77. The van der Waals surface area contributed by atoms with Gasteiger partial charge in [-0.05, 0) is 50.4 Å². The van der Waals surface area contributed by atoms with Crippen molar-refractivity contribution in [1.29, 1.82) is 5.26 Å². The summed E-state index contributed by atoms with van der Waals surface area (Å²) in [6.45, 7) is 0. The van der Waals surface area contributed by atoms with E-state index in [2.05, 4.69) is 11.4 Å². The van der Waals surface area contributed by atoms with Gasteiger partial charge < -0.3 is 10.4 Å². The number of carboxylic acid groups (broad SMARTS) is 1. The minimum absolute atomic E-state index is 0.0387. The molecule has 26 heavy (non-hydrogen) atoms. The standard InChI is InChI=1S/C19H26N2O3S2/c20-10-15-16(22)21-17(13-6-8-14(9-7-13)18(23)24)26-19(15)25-11-12-4-2-1-3-5-12/h12-14,17H,1-9,11H2,(H,21,22)(H,23,24). The molecule has 3 rings (SSSR count). The number of carbonyl (C=O) groups excluding carboxylic acids is 1. The zero-order valence-electron chi connectivity index (χ0n) is 14.9. The number of hydrogen-bond donors (Lipinski definition) is 2. The van der Waals surface area contributed by atoms with E-state index in [0.29, 0.717) is 18.8 Å². The SMILES string of the molecule is N#CC1=C(SCC2CCCCC2)SC(C2CCC(C(=O)O)CC2)NC1=O. The average Bonchev–Trinajstić information content (AvgIpc) is 2.67. The van der Waals surface area contributed by atoms with Gasteiger partial charge in [0, 0.05) is 5.75 Å². The zero-order valence-corrected chi connectivity index (χ0v) is 16.5. The van der Waals surface area contributed by atoms with Gasteiger partial charge in [-0.1, -0.05) is 31.0 Å². The monoisotopic (exact) mass is 394 g/mol. The van der Waals surface area contributed by atoms with Crippen molar-refractivity contribution in [2.24, 2.45) is 17.8 Å². The summed E-state index contributed by atoms with van der Waals surface area (Å²) in [5.74, 6) is 0.739. The van der Waals surface area contributed by atoms with Crippen LogP contribution < -0.4 is 5.32 Å². The number of carboxylic acids is 1. The van der Waals surface area contributed by atoms with E-state index in [1.165, 1.54) is 32.1 Å². The van der Waals surface area contributed by atoms with Crippen molar-refractivity contribution in [2.45, 2.75) is 63.2 Å². The maximum absolute atomic E-state index is 12.4. The van der Waals surface area contributed by atoms with Gasteiger partial charge in [-0.3, -0.25) is 9.59 Å². The van der Waals surface area contributed by atoms with Crippen molar-refractivity contribution >= 4 is 35.4 Å². The fourth-order valence-electron chi connectivity index (χ4n) is 4.13. The first-order chi connectivity index (χ1) is 12.6. The van der Waals surface area contributed by atoms with E-state index in [9.17, 15) is 14.9 Å². The van der Waals surface area contributed by atoms with Crippen molar-refractivity contribution in [1.82, 2.24) is 5.32 Å². The fraction of sp³-hybridized carbons (Fsp3) is 0.737. The van der Waals surface area contributed by atoms with Crippen LogP contribution in [0.4, 0.5) is 0 Å². The van der Waals surface area contributed by atoms with Crippen molar-refractivity contribution in [3.8, 4) is 6.07 Å². The second-order valence-electron chi connectivity index (χ2n) is 7.55. The molecule has 0 aromatic carbocycles. The number of rotatable bonds is 5. The first-order valence-electron chi connectivity index (χ1n) is 9.56. The minimum Gasteiger partial charge on any atom is -0.481 e. The van der Waals surface area contributed by atoms with Gasteiger partial charge in [0.25, 0.3) is 5.91 Å². The van der Waals surface area contributed by atoms with E-state index in [4.69, 9.17) is 5.11 Å². The summed E-state index contributed by atoms with van der Waals surface area (Å²) in [7, 11) is 0. The van der Waals surface area contributed by atoms with Crippen LogP contribution in [-0.4, -0.2) is 28.1 Å². The molecule has 0 radical (unpaired) electrons. The number of nitrogens with zero attached hydrogens (tertiary/aromatic N) is 1. The predicted octanol–water partition coefficient (Wildman–Crippen LogP) is 4.12. The fourth-order valence-corrected chi connectivity index (χ4v) is 7.04. The molecule has 0 aromatic heterocycles. The molecular formula is C19H26N2O3S2. The van der Waals surface area contributed by atoms with Crippen LogP contribution in [-0.2, 0) is 9.59 Å². The molecule has 2 saturated carbocycles. The Kier molecular flexibility index (Phi) is 6.93. The molecule has 0 saturated heterocycles. The van der Waals surface area contributed by atoms with E-state index in [-0.39, 0.29) is 28.7 Å². The summed E-state index contributed by atoms with van der Waals surface area (Å²) in [5.41, 5.74) is 0.256. The van der Waals surface area contributed by atoms with E-state index < -0.39 is 5.97 Å². The van der Waals surface area contributed by atoms with Gasteiger partial charge in [0.1, 0.15) is 11.6 Å². The molecule has 0 spiro atoms. The lowest BCUT2D eigenvalue weighted by Crippen LogP contribution is -2.43. The summed E-state index contributed by atoms with van der Waals surface area (Å²) in [6.07, 6.45) is 9.39. The lowest BCUT2D eigenvalue weighted by atomic mass is 9.82. The molecule has 1 aliphatic heterocycles. The van der Waals surface area contributed by atoms with Crippen LogP contribution in [0.3, 0.4) is 0 Å². The van der Waals surface area contributed by atoms with E-state index in [1.54, 1.807) is 23.5 Å². The molecule has 5 nitrogen and oxygen atoms in total. The van der Waals surface area contributed by atoms with Gasteiger partial charge in [0.05, 0.1) is 15.5 Å². The second kappa shape index (κ2) is 9.18. The molecule has 1 atom stereocenters. The van der Waals surface area contributed by atoms with Crippen molar-refractivity contribution in [3.05, 3.63) is 9.81 Å². The van der Waals surface area contributed by atoms with Crippen molar-refractivity contribution in [2.75, 3.05) is 5.75 Å². The van der Waals surface area contributed by atoms with Crippen LogP contribution in [0.15, 0.2) is 9.81 Å². The Morgan fingerprint density at radius 3 is 2.50 bits per heavy atom. The number of carbonyl (C=O) groups is 2. The molecule has 2 N–H and O–H groups in total. The summed E-state index contributed by atoms with van der Waals surface area (Å²) in [5, 5.41) is 21.5. The highest BCUT2D eigenvalue weighted by atomic mass is 32.2. The normalized spacial score (nSPS) is 30.6. The molecule has 142 valence electrons. The van der Waals surface area contributed by atoms with Gasteiger partial charge in [0.2, 0.25) is 0 Å². The van der Waals surface area contributed by atoms with E-state index in [1.807, 2.05) is 0 Å². The third-order valence-corrected chi connectivity index (χ3v) is 8.70. The minimum atomic E-state index is -0.709. The Labute approximate surface area is 163 Å². The Morgan fingerprint density at radius 2 is 1.88 bits per heavy atom. The number of aliphatic carboxylic acids is 1. The maximum Gasteiger partial charge on any atom is 0.306 e. The van der Waals surface area contributed by atoms with Crippen LogP contribution in [0.1, 0.15) is 57.8 Å². The second-order valence-corrected chi connectivity index (χ2v) is 9.99. The first-order valence-corrected chi connectivity index (χ1v) is 11.4. The van der Waals surface area contributed by atoms with Gasteiger partial charge >= 0.3 is 5.97 Å². The van der Waals surface area contributed by atoms with Crippen LogP contribution in [0.25, 0.3) is 0 Å². The summed E-state index contributed by atoms with van der Waals surface area (Å²) in [6, 6.07) is 2.09. The molecule has 1 unspecified atom stereocenters. The summed E-state index contributed by atoms with van der Waals surface area (Å²) in [4.78, 5) is 23.5. The summed E-state index contributed by atoms with van der Waals surface area (Å²) >= 11 is 3.29. The Bertz CT molecular complexity index is 615. The Balaban J connectivity index is 1.61. The molecule has 1 amide bonds. The number of hydrogen-bond acceptors (Lipinski definition) is 5. The largest absolute Gasteiger partial charge is 0.481 e. The Hall–Kier alpha value is -1.13. The zero-order chi connectivity index (χ0) is 18.5. The van der Waals surface area contributed by atoms with Crippen LogP contribution in [0.5, 0.6) is 0 Å². The van der Waals surface area contributed by atoms with Crippen LogP contribution in [0.2, 0.25) is 0 Å². The van der Waals surface area contributed by atoms with Crippen LogP contribution in [0, 0.1) is 29.1 Å². The summed E-state index contributed by atoms with van der Waals surface area (Å²) < 4.78 is 0.868. The Morgan fingerprint density at radius 1 is 1.19 bits per heavy atom. The highest BCUT2D eigenvalue weighted by Crippen LogP contribution is 2.44. The van der Waals surface area contributed by atoms with Crippen molar-refractivity contribution < 1.29 is 14.7 Å². The number of nitrogens with one attached hydrogen (secondary N) is 1. The molecule has 7 heteroatoms.